The van der Waals surface area contributed by atoms with Crippen molar-refractivity contribution in [3.8, 4) is 0 Å². The molecule has 25 heavy (non-hydrogen) atoms. The number of anilines is 1. The molecule has 134 valence electrons. The van der Waals surface area contributed by atoms with E-state index in [0.717, 1.165) is 15.1 Å². The van der Waals surface area contributed by atoms with Crippen molar-refractivity contribution < 1.29 is 22.7 Å². The lowest BCUT2D eigenvalue weighted by Gasteiger charge is -2.21. The zero-order valence-electron chi connectivity index (χ0n) is 12.3. The van der Waals surface area contributed by atoms with Crippen LogP contribution in [-0.2, 0) is 26.0 Å². The zero-order valence-corrected chi connectivity index (χ0v) is 16.4. The van der Waals surface area contributed by atoms with Gasteiger partial charge in [0.1, 0.15) is 4.21 Å². The van der Waals surface area contributed by atoms with E-state index in [9.17, 15) is 18.0 Å². The number of rotatable bonds is 3. The summed E-state index contributed by atoms with van der Waals surface area (Å²) >= 11 is 5.40. The van der Waals surface area contributed by atoms with Gasteiger partial charge in [0.25, 0.3) is 5.91 Å². The van der Waals surface area contributed by atoms with Gasteiger partial charge in [0, 0.05) is 16.9 Å². The Morgan fingerprint density at radius 3 is 2.80 bits per heavy atom. The summed E-state index contributed by atoms with van der Waals surface area (Å²) < 4.78 is 29.1. The fraction of sp³-hybridized carbons (Fsp3) is 0.250. The number of amides is 3. The van der Waals surface area contributed by atoms with E-state index in [1.165, 1.54) is 23.6 Å². The maximum Gasteiger partial charge on any atom is 0.327 e. The third-order valence-corrected chi connectivity index (χ3v) is 7.19. The van der Waals surface area contributed by atoms with Gasteiger partial charge in [-0.2, -0.15) is 0 Å². The highest BCUT2D eigenvalue weighted by molar-refractivity contribution is 9.11. The summed E-state index contributed by atoms with van der Waals surface area (Å²) in [7, 11) is -3.87. The number of sulfonamides is 1. The molecule has 2 aromatic heterocycles. The van der Waals surface area contributed by atoms with E-state index in [4.69, 9.17) is 9.88 Å². The Kier molecular flexibility index (Phi) is 5.22. The van der Waals surface area contributed by atoms with Crippen molar-refractivity contribution in [1.29, 1.82) is 0 Å². The summed E-state index contributed by atoms with van der Waals surface area (Å²) in [6.07, 6.45) is 0.904. The monoisotopic (exact) mass is 466 g/mol. The maximum absolute atomic E-state index is 12.3. The van der Waals surface area contributed by atoms with Gasteiger partial charge in [0.2, 0.25) is 10.0 Å². The number of imide groups is 1. The van der Waals surface area contributed by atoms with Crippen molar-refractivity contribution in [3.63, 3.8) is 0 Å². The molecular formula is C12H11BrN4O5S3. The average Bonchev–Trinajstić information content (AvgIpc) is 3.12. The van der Waals surface area contributed by atoms with Crippen LogP contribution in [0.15, 0.2) is 20.3 Å². The maximum atomic E-state index is 12.3. The van der Waals surface area contributed by atoms with Crippen LogP contribution in [0, 0.1) is 0 Å². The van der Waals surface area contributed by atoms with Crippen molar-refractivity contribution in [2.75, 3.05) is 11.9 Å². The van der Waals surface area contributed by atoms with Crippen molar-refractivity contribution in [2.24, 2.45) is 5.14 Å². The van der Waals surface area contributed by atoms with Crippen molar-refractivity contribution in [3.05, 3.63) is 26.5 Å². The smallest absolute Gasteiger partial charge is 0.327 e. The number of fused-ring (bicyclic) bond motifs is 1. The van der Waals surface area contributed by atoms with Crippen LogP contribution in [0.2, 0.25) is 0 Å². The number of thiophene rings is 1. The predicted octanol–water partition coefficient (Wildman–Crippen LogP) is 1.58. The van der Waals surface area contributed by atoms with Crippen LogP contribution >= 0.6 is 38.6 Å². The van der Waals surface area contributed by atoms with Gasteiger partial charge in [-0.1, -0.05) is 11.3 Å². The molecule has 0 saturated carbocycles. The number of nitrogens with one attached hydrogen (secondary N) is 2. The molecule has 0 saturated heterocycles. The highest BCUT2D eigenvalue weighted by Crippen LogP contribution is 2.35. The Hall–Kier alpha value is -1.38. The van der Waals surface area contributed by atoms with Gasteiger partial charge in [0.05, 0.1) is 16.6 Å². The molecule has 0 fully saturated rings. The topological polar surface area (TPSA) is 140 Å². The summed E-state index contributed by atoms with van der Waals surface area (Å²) in [6, 6.07) is 0.554. The van der Waals surface area contributed by atoms with Crippen LogP contribution in [0.1, 0.15) is 16.5 Å². The molecule has 1 unspecified atom stereocenters. The highest BCUT2D eigenvalue weighted by atomic mass is 79.9. The summed E-state index contributed by atoms with van der Waals surface area (Å²) in [5.41, 5.74) is 0.405. The van der Waals surface area contributed by atoms with E-state index < -0.39 is 28.1 Å². The van der Waals surface area contributed by atoms with Crippen molar-refractivity contribution >= 4 is 65.7 Å². The van der Waals surface area contributed by atoms with Crippen LogP contribution in [0.25, 0.3) is 0 Å². The number of aromatic nitrogens is 1. The Balaban J connectivity index is 1.73. The number of urea groups is 1. The number of primary sulfonamides is 1. The number of nitrogens with zero attached hydrogens (tertiary/aromatic N) is 1. The number of ether oxygens (including phenoxy) is 1. The van der Waals surface area contributed by atoms with Gasteiger partial charge in [0.15, 0.2) is 11.2 Å². The summed E-state index contributed by atoms with van der Waals surface area (Å²) in [6.45, 7) is 0.233. The molecule has 3 heterocycles. The normalized spacial score (nSPS) is 17.0. The minimum atomic E-state index is -3.87. The Morgan fingerprint density at radius 1 is 1.40 bits per heavy atom. The number of nitrogens with two attached hydrogens (primary N) is 1. The fourth-order valence-electron chi connectivity index (χ4n) is 2.17. The van der Waals surface area contributed by atoms with E-state index in [0.29, 0.717) is 22.0 Å². The molecule has 0 radical (unpaired) electrons. The standard InChI is InChI=1S/C12H11BrN4O5S3/c13-7-4-15-12(24-7)17-11(19)16-10(18)9-5-3-8(25(14,20)21)23-6(5)1-2-22-9/h3-4,9H,1-2H2,(H2,14,20,21)(H2,15,16,17,18,19). The lowest BCUT2D eigenvalue weighted by Crippen LogP contribution is -2.39. The summed E-state index contributed by atoms with van der Waals surface area (Å²) in [4.78, 5) is 28.8. The Labute approximate surface area is 158 Å². The first-order valence-corrected chi connectivity index (χ1v) is 10.7. The molecule has 0 aromatic carbocycles. The number of carbonyl (C=O) groups is 2. The van der Waals surface area contributed by atoms with Gasteiger partial charge < -0.3 is 4.74 Å². The second-order valence-corrected chi connectivity index (χ2v) is 10.2. The number of carbonyl (C=O) groups excluding carboxylic acids is 2. The number of hydrogen-bond acceptors (Lipinski definition) is 8. The lowest BCUT2D eigenvalue weighted by atomic mass is 10.1. The Morgan fingerprint density at radius 2 is 2.16 bits per heavy atom. The fourth-order valence-corrected chi connectivity index (χ4v) is 5.23. The van der Waals surface area contributed by atoms with Crippen LogP contribution in [0.4, 0.5) is 9.93 Å². The molecule has 0 aliphatic carbocycles. The quantitative estimate of drug-likeness (QED) is 0.626. The van der Waals surface area contributed by atoms with Gasteiger partial charge in [-0.25, -0.2) is 23.3 Å². The van der Waals surface area contributed by atoms with E-state index in [2.05, 4.69) is 31.5 Å². The molecule has 0 bridgehead atoms. The minimum Gasteiger partial charge on any atom is -0.363 e. The van der Waals surface area contributed by atoms with Gasteiger partial charge >= 0.3 is 6.03 Å². The first-order valence-electron chi connectivity index (χ1n) is 6.74. The zero-order chi connectivity index (χ0) is 18.2. The van der Waals surface area contributed by atoms with Crippen LogP contribution < -0.4 is 15.8 Å². The second kappa shape index (κ2) is 7.09. The largest absolute Gasteiger partial charge is 0.363 e. The van der Waals surface area contributed by atoms with Crippen LogP contribution in [0.5, 0.6) is 0 Å². The van der Waals surface area contributed by atoms with Crippen molar-refractivity contribution in [1.82, 2.24) is 10.3 Å². The van der Waals surface area contributed by atoms with Crippen LogP contribution in [-0.4, -0.2) is 31.9 Å². The van der Waals surface area contributed by atoms with E-state index in [-0.39, 0.29) is 10.8 Å². The third kappa shape index (κ3) is 4.24. The Bertz CT molecular complexity index is 938. The van der Waals surface area contributed by atoms with Crippen molar-refractivity contribution in [2.45, 2.75) is 16.7 Å². The molecular weight excluding hydrogens is 456 g/mol. The third-order valence-electron chi connectivity index (χ3n) is 3.17. The SMILES string of the molecule is NS(=O)(=O)c1cc2c(s1)CCOC2C(=O)NC(=O)Nc1ncc(Br)s1. The van der Waals surface area contributed by atoms with E-state index in [1.807, 2.05) is 0 Å². The summed E-state index contributed by atoms with van der Waals surface area (Å²) in [5, 5.41) is 10.0. The van der Waals surface area contributed by atoms with E-state index >= 15 is 0 Å². The lowest BCUT2D eigenvalue weighted by molar-refractivity contribution is -0.132. The van der Waals surface area contributed by atoms with E-state index in [1.54, 1.807) is 0 Å². The molecule has 9 nitrogen and oxygen atoms in total. The predicted molar refractivity (Wildman–Crippen MR) is 95.1 cm³/mol. The molecule has 13 heteroatoms. The van der Waals surface area contributed by atoms with Gasteiger partial charge in [-0.05, 0) is 22.0 Å². The second-order valence-electron chi connectivity index (χ2n) is 4.90. The molecule has 2 aromatic rings. The molecule has 1 aliphatic heterocycles. The minimum absolute atomic E-state index is 0.0436. The molecule has 3 amide bonds. The first-order chi connectivity index (χ1) is 11.7. The molecule has 0 spiro atoms. The van der Waals surface area contributed by atoms with Gasteiger partial charge in [-0.15, -0.1) is 11.3 Å². The summed E-state index contributed by atoms with van der Waals surface area (Å²) in [5.74, 6) is -0.701. The molecule has 1 atom stereocenters. The molecule has 4 N–H and O–H groups in total. The number of hydrogen-bond donors (Lipinski definition) is 3. The van der Waals surface area contributed by atoms with Gasteiger partial charge in [-0.3, -0.25) is 15.4 Å². The number of thiazole rings is 1. The first kappa shape index (κ1) is 18.4. The molecule has 3 rings (SSSR count). The molecule has 1 aliphatic rings. The number of halogens is 1. The van der Waals surface area contributed by atoms with Crippen LogP contribution in [0.3, 0.4) is 0 Å². The highest BCUT2D eigenvalue weighted by Gasteiger charge is 2.32. The average molecular weight is 467 g/mol.